The minimum absolute atomic E-state index is 0.219. The highest BCUT2D eigenvalue weighted by atomic mass is 35.5. The highest BCUT2D eigenvalue weighted by Gasteiger charge is 2.49. The Bertz CT molecular complexity index is 289. The quantitative estimate of drug-likeness (QED) is 0.679. The predicted octanol–water partition coefficient (Wildman–Crippen LogP) is 2.65. The molecule has 1 aliphatic heterocycles. The zero-order valence-corrected chi connectivity index (χ0v) is 10.6. The van der Waals surface area contributed by atoms with Crippen molar-refractivity contribution < 1.29 is 4.79 Å². The van der Waals surface area contributed by atoms with E-state index in [9.17, 15) is 4.79 Å². The summed E-state index contributed by atoms with van der Waals surface area (Å²) < 4.78 is 0. The zero-order chi connectivity index (χ0) is 11.3. The van der Waals surface area contributed by atoms with Crippen LogP contribution in [0, 0.1) is 10.8 Å². The summed E-state index contributed by atoms with van der Waals surface area (Å²) in [5.41, 5.74) is 0.820. The van der Waals surface area contributed by atoms with Crippen molar-refractivity contribution in [2.75, 3.05) is 13.1 Å². The Morgan fingerprint density at radius 1 is 1.40 bits per heavy atom. The zero-order valence-electron chi connectivity index (χ0n) is 9.85. The van der Waals surface area contributed by atoms with E-state index in [-0.39, 0.29) is 5.24 Å². The van der Waals surface area contributed by atoms with Crippen LogP contribution in [-0.4, -0.2) is 29.3 Å². The monoisotopic (exact) mass is 229 g/mol. The van der Waals surface area contributed by atoms with E-state index in [0.717, 1.165) is 6.54 Å². The average Bonchev–Trinajstić information content (AvgIpc) is 2.17. The standard InChI is InChI=1S/C12H20ClNO/c1-11(2)4-9-5-12(3,7-11)8-14(9)6-10(13)15/h9H,4-8H2,1-3H3. The third kappa shape index (κ3) is 2.36. The van der Waals surface area contributed by atoms with E-state index in [2.05, 4.69) is 25.7 Å². The summed E-state index contributed by atoms with van der Waals surface area (Å²) in [5, 5.41) is -0.219. The van der Waals surface area contributed by atoms with Crippen molar-refractivity contribution in [3.8, 4) is 0 Å². The fourth-order valence-corrected chi connectivity index (χ4v) is 4.07. The Balaban J connectivity index is 2.12. The van der Waals surface area contributed by atoms with Crippen LogP contribution >= 0.6 is 11.6 Å². The van der Waals surface area contributed by atoms with Gasteiger partial charge in [0.1, 0.15) is 0 Å². The smallest absolute Gasteiger partial charge is 0.235 e. The Morgan fingerprint density at radius 3 is 2.67 bits per heavy atom. The van der Waals surface area contributed by atoms with Gasteiger partial charge in [0.15, 0.2) is 0 Å². The fourth-order valence-electron chi connectivity index (χ4n) is 3.92. The molecule has 1 aliphatic carbocycles. The molecular formula is C12H20ClNO. The van der Waals surface area contributed by atoms with Crippen LogP contribution in [0.25, 0.3) is 0 Å². The van der Waals surface area contributed by atoms with Gasteiger partial charge in [0, 0.05) is 12.6 Å². The molecular weight excluding hydrogens is 210 g/mol. The van der Waals surface area contributed by atoms with Gasteiger partial charge in [0.25, 0.3) is 0 Å². The topological polar surface area (TPSA) is 20.3 Å². The summed E-state index contributed by atoms with van der Waals surface area (Å²) in [6, 6.07) is 0.571. The Labute approximate surface area is 97.0 Å². The van der Waals surface area contributed by atoms with E-state index in [1.807, 2.05) is 0 Å². The highest BCUT2D eigenvalue weighted by Crippen LogP contribution is 2.52. The first kappa shape index (κ1) is 11.4. The summed E-state index contributed by atoms with van der Waals surface area (Å²) in [4.78, 5) is 13.3. The van der Waals surface area contributed by atoms with Crippen molar-refractivity contribution in [3.63, 3.8) is 0 Å². The molecule has 0 radical (unpaired) electrons. The molecule has 1 saturated carbocycles. The Hall–Kier alpha value is -0.0800. The van der Waals surface area contributed by atoms with Gasteiger partial charge in [0.2, 0.25) is 5.24 Å². The number of nitrogens with zero attached hydrogens (tertiary/aromatic N) is 1. The lowest BCUT2D eigenvalue weighted by Crippen LogP contribution is -2.36. The molecule has 2 atom stereocenters. The van der Waals surface area contributed by atoms with Crippen LogP contribution in [0.15, 0.2) is 0 Å². The van der Waals surface area contributed by atoms with Gasteiger partial charge in [-0.05, 0) is 41.7 Å². The van der Waals surface area contributed by atoms with Crippen molar-refractivity contribution in [1.29, 1.82) is 0 Å². The number of hydrogen-bond donors (Lipinski definition) is 0. The summed E-state index contributed by atoms with van der Waals surface area (Å²) in [7, 11) is 0. The molecule has 0 amide bonds. The lowest BCUT2D eigenvalue weighted by Gasteiger charge is -2.39. The summed E-state index contributed by atoms with van der Waals surface area (Å²) in [6.45, 7) is 8.49. The largest absolute Gasteiger partial charge is 0.291 e. The average molecular weight is 230 g/mol. The number of halogens is 1. The van der Waals surface area contributed by atoms with Crippen molar-refractivity contribution in [2.24, 2.45) is 10.8 Å². The van der Waals surface area contributed by atoms with E-state index in [1.54, 1.807) is 0 Å². The number of likely N-dealkylation sites (tertiary alicyclic amines) is 1. The molecule has 2 fully saturated rings. The lowest BCUT2D eigenvalue weighted by molar-refractivity contribution is -0.113. The molecule has 0 spiro atoms. The second-order valence-corrected chi connectivity index (χ2v) is 6.90. The molecule has 0 aromatic heterocycles. The Morgan fingerprint density at radius 2 is 2.07 bits per heavy atom. The van der Waals surface area contributed by atoms with Crippen LogP contribution in [0.2, 0.25) is 0 Å². The van der Waals surface area contributed by atoms with E-state index < -0.39 is 0 Å². The highest BCUT2D eigenvalue weighted by molar-refractivity contribution is 6.64. The first-order valence-electron chi connectivity index (χ1n) is 5.72. The molecule has 2 aliphatic rings. The molecule has 2 bridgehead atoms. The second-order valence-electron chi connectivity index (χ2n) is 6.47. The third-order valence-electron chi connectivity index (χ3n) is 3.85. The van der Waals surface area contributed by atoms with E-state index in [4.69, 9.17) is 11.6 Å². The number of carbonyl (C=O) groups excluding carboxylic acids is 1. The van der Waals surface area contributed by atoms with Crippen LogP contribution in [0.4, 0.5) is 0 Å². The van der Waals surface area contributed by atoms with Gasteiger partial charge in [-0.2, -0.15) is 0 Å². The fraction of sp³-hybridized carbons (Fsp3) is 0.917. The number of rotatable bonds is 2. The first-order chi connectivity index (χ1) is 6.80. The minimum atomic E-state index is -0.219. The van der Waals surface area contributed by atoms with Gasteiger partial charge in [-0.3, -0.25) is 9.69 Å². The van der Waals surface area contributed by atoms with Crippen LogP contribution in [0.1, 0.15) is 40.0 Å². The molecule has 0 aromatic rings. The van der Waals surface area contributed by atoms with Crippen LogP contribution < -0.4 is 0 Å². The van der Waals surface area contributed by atoms with Gasteiger partial charge in [0.05, 0.1) is 6.54 Å². The first-order valence-corrected chi connectivity index (χ1v) is 6.10. The van der Waals surface area contributed by atoms with Gasteiger partial charge in [-0.25, -0.2) is 0 Å². The number of fused-ring (bicyclic) bond motifs is 2. The number of carbonyl (C=O) groups is 1. The molecule has 3 heteroatoms. The number of hydrogen-bond acceptors (Lipinski definition) is 2. The van der Waals surface area contributed by atoms with Crippen LogP contribution in [0.5, 0.6) is 0 Å². The van der Waals surface area contributed by atoms with Crippen LogP contribution in [-0.2, 0) is 4.79 Å². The van der Waals surface area contributed by atoms with Crippen molar-refractivity contribution in [1.82, 2.24) is 4.90 Å². The summed E-state index contributed by atoms with van der Waals surface area (Å²) in [6.07, 6.45) is 3.71. The lowest BCUT2D eigenvalue weighted by atomic mass is 9.65. The second kappa shape index (κ2) is 3.46. The van der Waals surface area contributed by atoms with Crippen molar-refractivity contribution >= 4 is 16.8 Å². The summed E-state index contributed by atoms with van der Waals surface area (Å²) in [5.74, 6) is 0. The van der Waals surface area contributed by atoms with Gasteiger partial charge >= 0.3 is 0 Å². The predicted molar refractivity (Wildman–Crippen MR) is 62.0 cm³/mol. The van der Waals surface area contributed by atoms with Gasteiger partial charge < -0.3 is 0 Å². The SMILES string of the molecule is CC1(C)CC2CC(C)(CN2CC(=O)Cl)C1. The molecule has 0 aromatic carbocycles. The van der Waals surface area contributed by atoms with E-state index in [1.165, 1.54) is 19.3 Å². The molecule has 0 N–H and O–H groups in total. The third-order valence-corrected chi connectivity index (χ3v) is 3.97. The minimum Gasteiger partial charge on any atom is -0.291 e. The van der Waals surface area contributed by atoms with Crippen LogP contribution in [0.3, 0.4) is 0 Å². The molecule has 1 saturated heterocycles. The molecule has 86 valence electrons. The molecule has 2 nitrogen and oxygen atoms in total. The maximum atomic E-state index is 11.0. The normalized spacial score (nSPS) is 39.3. The van der Waals surface area contributed by atoms with Crippen molar-refractivity contribution in [3.05, 3.63) is 0 Å². The molecule has 2 unspecified atom stereocenters. The van der Waals surface area contributed by atoms with E-state index in [0.29, 0.717) is 23.4 Å². The van der Waals surface area contributed by atoms with Gasteiger partial charge in [-0.15, -0.1) is 0 Å². The molecule has 2 rings (SSSR count). The molecule has 15 heavy (non-hydrogen) atoms. The maximum Gasteiger partial charge on any atom is 0.235 e. The van der Waals surface area contributed by atoms with Crippen molar-refractivity contribution in [2.45, 2.75) is 46.1 Å². The van der Waals surface area contributed by atoms with E-state index >= 15 is 0 Å². The van der Waals surface area contributed by atoms with Gasteiger partial charge in [-0.1, -0.05) is 20.8 Å². The Kier molecular flexibility index (Phi) is 2.63. The molecule has 1 heterocycles. The maximum absolute atomic E-state index is 11.0. The summed E-state index contributed by atoms with van der Waals surface area (Å²) >= 11 is 5.48.